The lowest BCUT2D eigenvalue weighted by molar-refractivity contribution is -0.0166. The first-order valence-corrected chi connectivity index (χ1v) is 9.00. The van der Waals surface area contributed by atoms with Gasteiger partial charge in [0.25, 0.3) is 0 Å². The largest absolute Gasteiger partial charge is 0.444 e. The number of carbonyl (C=O) groups is 1. The van der Waals surface area contributed by atoms with Crippen LogP contribution in [0.1, 0.15) is 45.3 Å². The Kier molecular flexibility index (Phi) is 6.85. The maximum atomic E-state index is 13.8. The summed E-state index contributed by atoms with van der Waals surface area (Å²) in [6.07, 6.45) is 0.676. The maximum absolute atomic E-state index is 13.8. The molecule has 0 aliphatic carbocycles. The van der Waals surface area contributed by atoms with Gasteiger partial charge >= 0.3 is 6.09 Å². The zero-order valence-corrected chi connectivity index (χ0v) is 16.1. The average Bonchev–Trinajstić information content (AvgIpc) is 2.53. The normalized spacial score (nSPS) is 18.9. The number of rotatable bonds is 4. The number of hydrogen-bond acceptors (Lipinski definition) is 4. The van der Waals surface area contributed by atoms with Crippen molar-refractivity contribution in [3.8, 4) is 6.07 Å². The molecule has 1 aromatic rings. The third-order valence-electron chi connectivity index (χ3n) is 4.08. The zero-order valence-electron chi connectivity index (χ0n) is 15.3. The molecule has 0 radical (unpaired) electrons. The number of nitrogens with zero attached hydrogens (tertiary/aromatic N) is 2. The monoisotopic (exact) mass is 382 g/mol. The van der Waals surface area contributed by atoms with Gasteiger partial charge in [0.15, 0.2) is 0 Å². The molecule has 1 aliphatic rings. The Balaban J connectivity index is 2.19. The van der Waals surface area contributed by atoms with Gasteiger partial charge in [-0.1, -0.05) is 11.6 Å². The molecule has 0 spiro atoms. The molecule has 1 fully saturated rings. The van der Waals surface area contributed by atoms with E-state index in [0.29, 0.717) is 18.7 Å². The van der Waals surface area contributed by atoms with Crippen molar-refractivity contribution in [2.45, 2.75) is 45.3 Å². The summed E-state index contributed by atoms with van der Waals surface area (Å²) in [5.74, 6) is -0.541. The molecule has 0 bridgehead atoms. The Morgan fingerprint density at radius 3 is 2.81 bits per heavy atom. The lowest BCUT2D eigenvalue weighted by Crippen LogP contribution is -2.44. The van der Waals surface area contributed by atoms with Gasteiger partial charge in [0.1, 0.15) is 18.0 Å². The third kappa shape index (κ3) is 5.86. The molecule has 0 saturated carbocycles. The molecule has 2 atom stereocenters. The van der Waals surface area contributed by atoms with Gasteiger partial charge in [0.2, 0.25) is 0 Å². The lowest BCUT2D eigenvalue weighted by Gasteiger charge is -2.37. The van der Waals surface area contributed by atoms with Crippen molar-refractivity contribution in [3.63, 3.8) is 0 Å². The van der Waals surface area contributed by atoms with Crippen molar-refractivity contribution in [3.05, 3.63) is 34.6 Å². The van der Waals surface area contributed by atoms with Crippen LogP contribution in [0, 0.1) is 23.1 Å². The van der Waals surface area contributed by atoms with E-state index in [-0.39, 0.29) is 23.6 Å². The van der Waals surface area contributed by atoms with Gasteiger partial charge in [-0.2, -0.15) is 5.26 Å². The third-order valence-corrected chi connectivity index (χ3v) is 4.30. The first kappa shape index (κ1) is 20.5. The van der Waals surface area contributed by atoms with E-state index in [1.807, 2.05) is 26.8 Å². The number of hydrogen-bond donors (Lipinski definition) is 0. The molecule has 0 N–H and O–H groups in total. The standard InChI is InChI=1S/C19H24ClFN2O3/c1-19(2,3)26-18(24)23-7-4-5-13(12-23)17(25-8-6-22)14-9-15(20)11-16(21)10-14/h9-11,13,17H,4-5,7-8,12H2,1-3H3/t13-,17-/m1/s1. The molecule has 0 aromatic heterocycles. The van der Waals surface area contributed by atoms with E-state index in [1.54, 1.807) is 11.0 Å². The Labute approximate surface area is 158 Å². The van der Waals surface area contributed by atoms with Crippen LogP contribution in [-0.2, 0) is 9.47 Å². The van der Waals surface area contributed by atoms with Crippen LogP contribution in [0.25, 0.3) is 0 Å². The molecule has 1 saturated heterocycles. The summed E-state index contributed by atoms with van der Waals surface area (Å²) in [6.45, 7) is 6.35. The van der Waals surface area contributed by atoms with Gasteiger partial charge in [0, 0.05) is 24.0 Å². The van der Waals surface area contributed by atoms with E-state index in [0.717, 1.165) is 12.8 Å². The topological polar surface area (TPSA) is 62.6 Å². The second kappa shape index (κ2) is 8.70. The lowest BCUT2D eigenvalue weighted by atomic mass is 9.88. The van der Waals surface area contributed by atoms with Gasteiger partial charge in [0.05, 0.1) is 12.2 Å². The Bertz CT molecular complexity index is 664. The van der Waals surface area contributed by atoms with Crippen LogP contribution in [0.3, 0.4) is 0 Å². The van der Waals surface area contributed by atoms with E-state index in [9.17, 15) is 9.18 Å². The second-order valence-electron chi connectivity index (χ2n) is 7.42. The van der Waals surface area contributed by atoms with E-state index >= 15 is 0 Å². The first-order valence-electron chi connectivity index (χ1n) is 8.62. The number of ether oxygens (including phenoxy) is 2. The van der Waals surface area contributed by atoms with E-state index in [4.69, 9.17) is 26.3 Å². The van der Waals surface area contributed by atoms with Gasteiger partial charge in [-0.15, -0.1) is 0 Å². The highest BCUT2D eigenvalue weighted by molar-refractivity contribution is 6.30. The van der Waals surface area contributed by atoms with Crippen molar-refractivity contribution in [2.24, 2.45) is 5.92 Å². The maximum Gasteiger partial charge on any atom is 0.410 e. The van der Waals surface area contributed by atoms with Gasteiger partial charge in [-0.3, -0.25) is 0 Å². The predicted octanol–water partition coefficient (Wildman–Crippen LogP) is 4.71. The minimum absolute atomic E-state index is 0.0810. The predicted molar refractivity (Wildman–Crippen MR) is 96.2 cm³/mol. The molecule has 142 valence electrons. The molecular weight excluding hydrogens is 359 g/mol. The fourth-order valence-electron chi connectivity index (χ4n) is 3.12. The van der Waals surface area contributed by atoms with Crippen LogP contribution in [0.2, 0.25) is 5.02 Å². The van der Waals surface area contributed by atoms with Crippen molar-refractivity contribution in [1.82, 2.24) is 4.90 Å². The summed E-state index contributed by atoms with van der Waals surface area (Å²) < 4.78 is 24.9. The van der Waals surface area contributed by atoms with Crippen LogP contribution in [-0.4, -0.2) is 36.3 Å². The Morgan fingerprint density at radius 2 is 2.19 bits per heavy atom. The zero-order chi connectivity index (χ0) is 19.3. The number of carbonyl (C=O) groups excluding carboxylic acids is 1. The number of nitriles is 1. The van der Waals surface area contributed by atoms with E-state index in [2.05, 4.69) is 0 Å². The molecule has 0 unspecified atom stereocenters. The Morgan fingerprint density at radius 1 is 1.46 bits per heavy atom. The molecule has 1 heterocycles. The quantitative estimate of drug-likeness (QED) is 0.756. The average molecular weight is 383 g/mol. The summed E-state index contributed by atoms with van der Waals surface area (Å²) >= 11 is 5.97. The fraction of sp³-hybridized carbons (Fsp3) is 0.579. The molecular formula is C19H24ClFN2O3. The first-order chi connectivity index (χ1) is 12.2. The van der Waals surface area contributed by atoms with Crippen molar-refractivity contribution >= 4 is 17.7 Å². The smallest absolute Gasteiger partial charge is 0.410 e. The Hall–Kier alpha value is -1.84. The summed E-state index contributed by atoms with van der Waals surface area (Å²) in [5, 5.41) is 9.15. The van der Waals surface area contributed by atoms with Gasteiger partial charge in [-0.25, -0.2) is 9.18 Å². The molecule has 7 heteroatoms. The van der Waals surface area contributed by atoms with E-state index in [1.165, 1.54) is 12.1 Å². The van der Waals surface area contributed by atoms with Crippen molar-refractivity contribution < 1.29 is 18.7 Å². The number of benzene rings is 1. The second-order valence-corrected chi connectivity index (χ2v) is 7.86. The summed E-state index contributed by atoms with van der Waals surface area (Å²) in [7, 11) is 0. The van der Waals surface area contributed by atoms with Crippen LogP contribution in [0.4, 0.5) is 9.18 Å². The minimum atomic E-state index is -0.573. The van der Waals surface area contributed by atoms with Gasteiger partial charge in [-0.05, 0) is 57.4 Å². The van der Waals surface area contributed by atoms with Crippen LogP contribution in [0.5, 0.6) is 0 Å². The van der Waals surface area contributed by atoms with E-state index < -0.39 is 17.5 Å². The molecule has 1 amide bonds. The number of halogens is 2. The summed E-state index contributed by atoms with van der Waals surface area (Å²) in [6, 6.07) is 6.17. The highest BCUT2D eigenvalue weighted by Gasteiger charge is 2.33. The van der Waals surface area contributed by atoms with Crippen LogP contribution < -0.4 is 0 Å². The summed E-state index contributed by atoms with van der Waals surface area (Å²) in [4.78, 5) is 14.0. The SMILES string of the molecule is CC(C)(C)OC(=O)N1CCC[C@@H]([C@@H](OCC#N)c2cc(F)cc(Cl)c2)C1. The molecule has 1 aliphatic heterocycles. The number of likely N-dealkylation sites (tertiary alicyclic amines) is 1. The molecule has 26 heavy (non-hydrogen) atoms. The van der Waals surface area contributed by atoms with Gasteiger partial charge < -0.3 is 14.4 Å². The molecule has 1 aromatic carbocycles. The number of piperidine rings is 1. The van der Waals surface area contributed by atoms with Crippen molar-refractivity contribution in [2.75, 3.05) is 19.7 Å². The minimum Gasteiger partial charge on any atom is -0.444 e. The summed E-state index contributed by atoms with van der Waals surface area (Å²) in [5.41, 5.74) is -0.00196. The van der Waals surface area contributed by atoms with Crippen LogP contribution >= 0.6 is 11.6 Å². The highest BCUT2D eigenvalue weighted by atomic mass is 35.5. The molecule has 5 nitrogen and oxygen atoms in total. The van der Waals surface area contributed by atoms with Crippen molar-refractivity contribution in [1.29, 1.82) is 5.26 Å². The number of amides is 1. The molecule has 2 rings (SSSR count). The van der Waals surface area contributed by atoms with Crippen LogP contribution in [0.15, 0.2) is 18.2 Å². The highest BCUT2D eigenvalue weighted by Crippen LogP contribution is 2.34. The fourth-order valence-corrected chi connectivity index (χ4v) is 3.35.